The molecule has 1 saturated carbocycles. The molecule has 0 aliphatic heterocycles. The quantitative estimate of drug-likeness (QED) is 0.689. The van der Waals surface area contributed by atoms with E-state index in [-0.39, 0.29) is 0 Å². The summed E-state index contributed by atoms with van der Waals surface area (Å²) in [4.78, 5) is 1.45. The van der Waals surface area contributed by atoms with Gasteiger partial charge in [0, 0.05) is 16.7 Å². The predicted molar refractivity (Wildman–Crippen MR) is 90.3 cm³/mol. The van der Waals surface area contributed by atoms with Crippen molar-refractivity contribution in [3.63, 3.8) is 0 Å². The topological polar surface area (TPSA) is 12.0 Å². The fourth-order valence-electron chi connectivity index (χ4n) is 3.01. The molecule has 2 unspecified atom stereocenters. The van der Waals surface area contributed by atoms with Gasteiger partial charge >= 0.3 is 0 Å². The van der Waals surface area contributed by atoms with Crippen molar-refractivity contribution in [2.45, 2.75) is 69.1 Å². The molecule has 2 atom stereocenters. The fourth-order valence-corrected chi connectivity index (χ4v) is 4.34. The Bertz CT molecular complexity index is 374. The molecule has 2 heteroatoms. The summed E-state index contributed by atoms with van der Waals surface area (Å²) in [5.74, 6) is 0.971. The molecule has 0 saturated heterocycles. The highest BCUT2D eigenvalue weighted by Gasteiger charge is 2.21. The molecule has 1 fully saturated rings. The molecule has 1 aliphatic rings. The number of hydrogen-bond acceptors (Lipinski definition) is 2. The van der Waals surface area contributed by atoms with Crippen LogP contribution in [0, 0.1) is 5.92 Å². The lowest BCUT2D eigenvalue weighted by molar-refractivity contribution is 0.357. The van der Waals surface area contributed by atoms with Gasteiger partial charge in [-0.2, -0.15) is 0 Å². The van der Waals surface area contributed by atoms with Gasteiger partial charge in [0.15, 0.2) is 0 Å². The Balaban J connectivity index is 1.80. The first-order valence-corrected chi connectivity index (χ1v) is 9.16. The fraction of sp³-hybridized carbons (Fsp3) is 0.667. The van der Waals surface area contributed by atoms with Crippen LogP contribution in [-0.4, -0.2) is 11.8 Å². The summed E-state index contributed by atoms with van der Waals surface area (Å²) >= 11 is 2.10. The molecule has 2 rings (SSSR count). The van der Waals surface area contributed by atoms with Crippen LogP contribution in [0.5, 0.6) is 0 Å². The summed E-state index contributed by atoms with van der Waals surface area (Å²) in [6.45, 7) is 6.66. The lowest BCUT2D eigenvalue weighted by atomic mass is 9.87. The lowest BCUT2D eigenvalue weighted by Crippen LogP contribution is -2.16. The molecule has 0 amide bonds. The van der Waals surface area contributed by atoms with Gasteiger partial charge in [0.25, 0.3) is 0 Å². The Morgan fingerprint density at radius 3 is 2.65 bits per heavy atom. The molecule has 1 nitrogen and oxygen atoms in total. The first kappa shape index (κ1) is 15.9. The van der Waals surface area contributed by atoms with Crippen LogP contribution in [0.2, 0.25) is 0 Å². The minimum absolute atomic E-state index is 0.845. The molecular weight excluding hydrogens is 262 g/mol. The van der Waals surface area contributed by atoms with Gasteiger partial charge in [-0.05, 0) is 49.4 Å². The summed E-state index contributed by atoms with van der Waals surface area (Å²) in [7, 11) is 0. The van der Waals surface area contributed by atoms with Gasteiger partial charge in [-0.15, -0.1) is 11.8 Å². The Labute approximate surface area is 128 Å². The highest BCUT2D eigenvalue weighted by atomic mass is 32.2. The van der Waals surface area contributed by atoms with E-state index in [1.165, 1.54) is 49.0 Å². The Kier molecular flexibility index (Phi) is 6.95. The van der Waals surface area contributed by atoms with Gasteiger partial charge in [-0.1, -0.05) is 45.2 Å². The molecule has 112 valence electrons. The second-order valence-corrected chi connectivity index (χ2v) is 7.38. The number of nitrogens with one attached hydrogen (secondary N) is 1. The number of thioether (sulfide) groups is 1. The van der Waals surface area contributed by atoms with Gasteiger partial charge in [-0.3, -0.25) is 0 Å². The predicted octanol–water partition coefficient (Wildman–Crippen LogP) is 5.25. The smallest absolute Gasteiger partial charge is 0.0205 e. The van der Waals surface area contributed by atoms with E-state index in [0.29, 0.717) is 0 Å². The van der Waals surface area contributed by atoms with Crippen molar-refractivity contribution < 1.29 is 0 Å². The van der Waals surface area contributed by atoms with E-state index in [2.05, 4.69) is 55.2 Å². The first-order chi connectivity index (χ1) is 9.81. The molecular formula is C18H29NS. The van der Waals surface area contributed by atoms with Crippen molar-refractivity contribution in [1.29, 1.82) is 0 Å². The molecule has 1 aliphatic carbocycles. The summed E-state index contributed by atoms with van der Waals surface area (Å²) in [6.07, 6.45) is 8.26. The lowest BCUT2D eigenvalue weighted by Gasteiger charge is -2.28. The summed E-state index contributed by atoms with van der Waals surface area (Å²) in [5, 5.41) is 4.30. The first-order valence-electron chi connectivity index (χ1n) is 8.28. The monoisotopic (exact) mass is 291 g/mol. The molecule has 0 heterocycles. The maximum atomic E-state index is 3.46. The van der Waals surface area contributed by atoms with Gasteiger partial charge in [0.05, 0.1) is 0 Å². The van der Waals surface area contributed by atoms with Gasteiger partial charge < -0.3 is 5.32 Å². The van der Waals surface area contributed by atoms with Crippen LogP contribution >= 0.6 is 11.8 Å². The minimum atomic E-state index is 0.845. The molecule has 20 heavy (non-hydrogen) atoms. The molecule has 0 radical (unpaired) electrons. The van der Waals surface area contributed by atoms with Crippen LogP contribution in [0.15, 0.2) is 29.2 Å². The SMILES string of the molecule is CCCNCc1ccc(SC2CCCC(CC)C2)cc1. The van der Waals surface area contributed by atoms with Crippen molar-refractivity contribution in [2.24, 2.45) is 5.92 Å². The zero-order valence-electron chi connectivity index (χ0n) is 13.0. The standard InChI is InChI=1S/C18H29NS/c1-3-12-19-14-16-8-10-17(11-9-16)20-18-7-5-6-15(4-2)13-18/h8-11,15,18-19H,3-7,12-14H2,1-2H3. The van der Waals surface area contributed by atoms with Crippen molar-refractivity contribution in [2.75, 3.05) is 6.54 Å². The maximum absolute atomic E-state index is 3.46. The Morgan fingerprint density at radius 2 is 1.95 bits per heavy atom. The number of benzene rings is 1. The minimum Gasteiger partial charge on any atom is -0.313 e. The van der Waals surface area contributed by atoms with Crippen LogP contribution in [0.1, 0.15) is 57.9 Å². The number of rotatable bonds is 7. The van der Waals surface area contributed by atoms with E-state index in [1.807, 2.05) is 0 Å². The zero-order valence-corrected chi connectivity index (χ0v) is 13.8. The molecule has 0 bridgehead atoms. The number of hydrogen-bond donors (Lipinski definition) is 1. The molecule has 0 aromatic heterocycles. The highest BCUT2D eigenvalue weighted by molar-refractivity contribution is 8.00. The summed E-state index contributed by atoms with van der Waals surface area (Å²) in [6, 6.07) is 9.18. The second-order valence-electron chi connectivity index (χ2n) is 6.00. The van der Waals surface area contributed by atoms with E-state index < -0.39 is 0 Å². The van der Waals surface area contributed by atoms with E-state index in [9.17, 15) is 0 Å². The second kappa shape index (κ2) is 8.74. The Morgan fingerprint density at radius 1 is 1.15 bits per heavy atom. The normalized spacial score (nSPS) is 22.9. The van der Waals surface area contributed by atoms with Crippen LogP contribution in [-0.2, 0) is 6.54 Å². The van der Waals surface area contributed by atoms with Gasteiger partial charge in [0.2, 0.25) is 0 Å². The van der Waals surface area contributed by atoms with Crippen LogP contribution in [0.3, 0.4) is 0 Å². The van der Waals surface area contributed by atoms with Gasteiger partial charge in [-0.25, -0.2) is 0 Å². The molecule has 1 aromatic carbocycles. The third-order valence-electron chi connectivity index (χ3n) is 4.29. The largest absolute Gasteiger partial charge is 0.313 e. The van der Waals surface area contributed by atoms with E-state index in [1.54, 1.807) is 0 Å². The van der Waals surface area contributed by atoms with E-state index in [4.69, 9.17) is 0 Å². The van der Waals surface area contributed by atoms with Crippen LogP contribution in [0.4, 0.5) is 0 Å². The van der Waals surface area contributed by atoms with Crippen LogP contribution in [0.25, 0.3) is 0 Å². The van der Waals surface area contributed by atoms with Crippen molar-refractivity contribution in [1.82, 2.24) is 5.32 Å². The average molecular weight is 292 g/mol. The molecule has 1 N–H and O–H groups in total. The molecule has 1 aromatic rings. The van der Waals surface area contributed by atoms with E-state index in [0.717, 1.165) is 24.3 Å². The summed E-state index contributed by atoms with van der Waals surface area (Å²) < 4.78 is 0. The van der Waals surface area contributed by atoms with Crippen molar-refractivity contribution in [3.8, 4) is 0 Å². The maximum Gasteiger partial charge on any atom is 0.0205 e. The summed E-state index contributed by atoms with van der Waals surface area (Å²) in [5.41, 5.74) is 1.40. The Hall–Kier alpha value is -0.470. The van der Waals surface area contributed by atoms with Gasteiger partial charge in [0.1, 0.15) is 0 Å². The van der Waals surface area contributed by atoms with E-state index >= 15 is 0 Å². The van der Waals surface area contributed by atoms with Crippen LogP contribution < -0.4 is 5.32 Å². The highest BCUT2D eigenvalue weighted by Crippen LogP contribution is 2.37. The third kappa shape index (κ3) is 5.14. The van der Waals surface area contributed by atoms with Crippen molar-refractivity contribution in [3.05, 3.63) is 29.8 Å². The third-order valence-corrected chi connectivity index (χ3v) is 5.60. The van der Waals surface area contributed by atoms with Crippen molar-refractivity contribution >= 4 is 11.8 Å². The zero-order chi connectivity index (χ0) is 14.2. The molecule has 0 spiro atoms. The average Bonchev–Trinajstić information content (AvgIpc) is 2.49.